The third-order valence-corrected chi connectivity index (χ3v) is 2.83. The van der Waals surface area contributed by atoms with Gasteiger partial charge in [0.2, 0.25) is 5.78 Å². The van der Waals surface area contributed by atoms with Crippen LogP contribution in [0.1, 0.15) is 27.2 Å². The molecule has 0 amide bonds. The Labute approximate surface area is 119 Å². The first-order valence-electron chi connectivity index (χ1n) is 6.53. The monoisotopic (exact) mass is 276 g/mol. The number of ketones is 2. The van der Waals surface area contributed by atoms with Crippen LogP contribution in [0, 0.1) is 0 Å². The van der Waals surface area contributed by atoms with Gasteiger partial charge in [-0.15, -0.1) is 0 Å². The molecule has 0 fully saturated rings. The maximum Gasteiger partial charge on any atom is 0.295 e. The summed E-state index contributed by atoms with van der Waals surface area (Å²) in [5, 5.41) is 0. The molecule has 1 aliphatic heterocycles. The molecule has 0 radical (unpaired) electrons. The van der Waals surface area contributed by atoms with Crippen LogP contribution in [0.2, 0.25) is 0 Å². The van der Waals surface area contributed by atoms with Gasteiger partial charge in [0.15, 0.2) is 11.4 Å². The summed E-state index contributed by atoms with van der Waals surface area (Å²) < 4.78 is 10.5. The average molecular weight is 276 g/mol. The molecule has 0 saturated heterocycles. The van der Waals surface area contributed by atoms with Crippen LogP contribution in [-0.2, 0) is 19.1 Å². The van der Waals surface area contributed by atoms with Crippen LogP contribution in [0.4, 0.5) is 0 Å². The molecule has 0 aliphatic carbocycles. The van der Waals surface area contributed by atoms with Crippen LogP contribution in [0.3, 0.4) is 0 Å². The molecule has 0 saturated carbocycles. The van der Waals surface area contributed by atoms with E-state index in [1.807, 2.05) is 19.1 Å². The van der Waals surface area contributed by atoms with Gasteiger partial charge in [-0.3, -0.25) is 9.59 Å². The topological polar surface area (TPSA) is 52.6 Å². The normalized spacial score (nSPS) is 23.3. The summed E-state index contributed by atoms with van der Waals surface area (Å²) in [6, 6.07) is 0. The lowest BCUT2D eigenvalue weighted by molar-refractivity contribution is -0.128. The number of rotatable bonds is 6. The van der Waals surface area contributed by atoms with Crippen molar-refractivity contribution in [2.75, 3.05) is 7.11 Å². The molecule has 0 aromatic rings. The zero-order chi connectivity index (χ0) is 15.2. The zero-order valence-electron chi connectivity index (χ0n) is 12.3. The Kier molecular flexibility index (Phi) is 5.50. The van der Waals surface area contributed by atoms with E-state index in [1.54, 1.807) is 32.1 Å². The van der Waals surface area contributed by atoms with Crippen molar-refractivity contribution in [1.29, 1.82) is 0 Å². The number of hydrogen-bond donors (Lipinski definition) is 0. The highest BCUT2D eigenvalue weighted by Gasteiger charge is 2.47. The van der Waals surface area contributed by atoms with E-state index in [1.165, 1.54) is 13.2 Å². The fourth-order valence-corrected chi connectivity index (χ4v) is 1.79. The summed E-state index contributed by atoms with van der Waals surface area (Å²) >= 11 is 0. The Morgan fingerprint density at radius 1 is 1.40 bits per heavy atom. The van der Waals surface area contributed by atoms with Crippen molar-refractivity contribution in [3.63, 3.8) is 0 Å². The van der Waals surface area contributed by atoms with Gasteiger partial charge in [-0.25, -0.2) is 0 Å². The van der Waals surface area contributed by atoms with Gasteiger partial charge in [0.25, 0.3) is 5.95 Å². The van der Waals surface area contributed by atoms with E-state index in [9.17, 15) is 9.59 Å². The highest BCUT2D eigenvalue weighted by atomic mass is 16.7. The third kappa shape index (κ3) is 3.26. The van der Waals surface area contributed by atoms with E-state index < -0.39 is 17.2 Å². The van der Waals surface area contributed by atoms with Crippen molar-refractivity contribution in [3.8, 4) is 0 Å². The number of carbonyl (C=O) groups excluding carboxylic acids is 2. The van der Waals surface area contributed by atoms with Gasteiger partial charge in [0.05, 0.1) is 7.11 Å². The lowest BCUT2D eigenvalue weighted by Gasteiger charge is -2.18. The molecule has 0 aromatic heterocycles. The molecule has 1 aliphatic rings. The van der Waals surface area contributed by atoms with Crippen LogP contribution in [0.25, 0.3) is 0 Å². The predicted octanol–water partition coefficient (Wildman–Crippen LogP) is 2.87. The van der Waals surface area contributed by atoms with Crippen molar-refractivity contribution in [2.45, 2.75) is 32.8 Å². The third-order valence-electron chi connectivity index (χ3n) is 2.83. The molecule has 0 aromatic carbocycles. The summed E-state index contributed by atoms with van der Waals surface area (Å²) in [6.07, 6.45) is 10.9. The highest BCUT2D eigenvalue weighted by molar-refractivity contribution is 6.28. The molecule has 1 heterocycles. The van der Waals surface area contributed by atoms with Gasteiger partial charge < -0.3 is 9.47 Å². The fraction of sp³-hybridized carbons (Fsp3) is 0.375. The smallest absolute Gasteiger partial charge is 0.295 e. The second kappa shape index (κ2) is 6.89. The summed E-state index contributed by atoms with van der Waals surface area (Å²) in [5.41, 5.74) is -1.24. The fourth-order valence-electron chi connectivity index (χ4n) is 1.79. The summed E-state index contributed by atoms with van der Waals surface area (Å²) in [4.78, 5) is 24.3. The predicted molar refractivity (Wildman–Crippen MR) is 76.9 cm³/mol. The van der Waals surface area contributed by atoms with Crippen molar-refractivity contribution in [1.82, 2.24) is 0 Å². The van der Waals surface area contributed by atoms with Crippen molar-refractivity contribution in [2.24, 2.45) is 0 Å². The second-order valence-electron chi connectivity index (χ2n) is 4.46. The van der Waals surface area contributed by atoms with E-state index in [-0.39, 0.29) is 11.5 Å². The number of Topliss-reactive ketones (excluding diaryl/α,β-unsaturated/α-hetero) is 1. The maximum atomic E-state index is 12.4. The maximum absolute atomic E-state index is 12.4. The number of allylic oxidation sites excluding steroid dienone is 5. The number of ether oxygens (including phenoxy) is 2. The minimum Gasteiger partial charge on any atom is -0.468 e. The first-order valence-corrected chi connectivity index (χ1v) is 6.53. The summed E-state index contributed by atoms with van der Waals surface area (Å²) in [7, 11) is 1.37. The standard InChI is InChI=1S/C16H20O4/c1-5-7-8-9-11-16(3)14(18)13(12(17)10-6-2)15(19-4)20-16/h6-11H,5H2,1-4H3/b8-7+,10-6+,11-9+/t16-/m0/s1. The van der Waals surface area contributed by atoms with Crippen LogP contribution in [0.5, 0.6) is 0 Å². The van der Waals surface area contributed by atoms with Gasteiger partial charge in [-0.2, -0.15) is 0 Å². The molecule has 0 spiro atoms. The number of methoxy groups -OCH3 is 1. The molecule has 20 heavy (non-hydrogen) atoms. The molecular weight excluding hydrogens is 256 g/mol. The molecule has 108 valence electrons. The first kappa shape index (κ1) is 16.0. The quantitative estimate of drug-likeness (QED) is 0.425. The molecule has 1 rings (SSSR count). The van der Waals surface area contributed by atoms with Crippen LogP contribution >= 0.6 is 0 Å². The Morgan fingerprint density at radius 3 is 2.65 bits per heavy atom. The van der Waals surface area contributed by atoms with Gasteiger partial charge in [-0.05, 0) is 32.4 Å². The lowest BCUT2D eigenvalue weighted by Crippen LogP contribution is -2.32. The minimum atomic E-state index is -1.20. The zero-order valence-corrected chi connectivity index (χ0v) is 12.3. The summed E-state index contributed by atoms with van der Waals surface area (Å²) in [5.74, 6) is -0.820. The van der Waals surface area contributed by atoms with Gasteiger partial charge >= 0.3 is 0 Å². The second-order valence-corrected chi connectivity index (χ2v) is 4.46. The Hall–Kier alpha value is -2.10. The molecule has 4 heteroatoms. The molecule has 1 atom stereocenters. The highest BCUT2D eigenvalue weighted by Crippen LogP contribution is 2.32. The minimum absolute atomic E-state index is 0.0234. The number of hydrogen-bond acceptors (Lipinski definition) is 4. The largest absolute Gasteiger partial charge is 0.468 e. The van der Waals surface area contributed by atoms with E-state index >= 15 is 0 Å². The van der Waals surface area contributed by atoms with E-state index in [2.05, 4.69) is 0 Å². The van der Waals surface area contributed by atoms with Crippen molar-refractivity contribution >= 4 is 11.6 Å². The lowest BCUT2D eigenvalue weighted by atomic mass is 9.94. The number of carbonyl (C=O) groups is 2. The van der Waals surface area contributed by atoms with Gasteiger partial charge in [0.1, 0.15) is 5.57 Å². The molecule has 0 unspecified atom stereocenters. The van der Waals surface area contributed by atoms with Crippen LogP contribution < -0.4 is 0 Å². The Balaban J connectivity index is 3.04. The van der Waals surface area contributed by atoms with Crippen LogP contribution in [-0.4, -0.2) is 24.3 Å². The summed E-state index contributed by atoms with van der Waals surface area (Å²) in [6.45, 7) is 5.34. The molecular formula is C16H20O4. The SMILES string of the molecule is C/C=C/C(=O)C1=C(OC)O[C@@](C)(/C=C/C=C/CC)C1=O. The molecule has 4 nitrogen and oxygen atoms in total. The van der Waals surface area contributed by atoms with Gasteiger partial charge in [-0.1, -0.05) is 31.2 Å². The van der Waals surface area contributed by atoms with Crippen molar-refractivity contribution in [3.05, 3.63) is 48.0 Å². The molecule has 0 N–H and O–H groups in total. The Bertz CT molecular complexity index is 509. The van der Waals surface area contributed by atoms with Gasteiger partial charge in [0, 0.05) is 0 Å². The van der Waals surface area contributed by atoms with Crippen LogP contribution in [0.15, 0.2) is 48.0 Å². The average Bonchev–Trinajstić information content (AvgIpc) is 2.68. The first-order chi connectivity index (χ1) is 9.50. The van der Waals surface area contributed by atoms with E-state index in [0.717, 1.165) is 6.42 Å². The van der Waals surface area contributed by atoms with Crippen molar-refractivity contribution < 1.29 is 19.1 Å². The van der Waals surface area contributed by atoms with E-state index in [0.29, 0.717) is 0 Å². The van der Waals surface area contributed by atoms with E-state index in [4.69, 9.17) is 9.47 Å². The molecule has 0 bridgehead atoms. The Morgan fingerprint density at radius 2 is 2.10 bits per heavy atom.